The molecule has 0 fully saturated rings. The van der Waals surface area contributed by atoms with Crippen LogP contribution in [0, 0.1) is 13.8 Å². The summed E-state index contributed by atoms with van der Waals surface area (Å²) in [6.45, 7) is 4.70. The number of carbonyl (C=O) groups is 1. The van der Waals surface area contributed by atoms with E-state index >= 15 is 0 Å². The molecule has 96 valence electrons. The number of hydrogen-bond donors (Lipinski definition) is 1. The molecule has 2 aromatic heterocycles. The molecule has 0 radical (unpaired) electrons. The molecule has 0 spiro atoms. The number of amides is 1. The van der Waals surface area contributed by atoms with E-state index in [4.69, 9.17) is 0 Å². The standard InChI is InChI=1S/C13H14BrNOS2/c1-8-7-11(9(2)17-8)13(16)15-6-5-10-3-4-12(14)18-10/h3-4,7H,5-6H2,1-2H3,(H,15,16). The number of carbonyl (C=O) groups excluding carboxylic acids is 1. The van der Waals surface area contributed by atoms with Crippen molar-refractivity contribution in [1.29, 1.82) is 0 Å². The van der Waals surface area contributed by atoms with Crippen LogP contribution in [0.1, 0.15) is 25.0 Å². The van der Waals surface area contributed by atoms with Gasteiger partial charge in [-0.3, -0.25) is 4.79 Å². The maximum Gasteiger partial charge on any atom is 0.252 e. The number of halogens is 1. The second-order valence-corrected chi connectivity index (χ2v) is 8.05. The van der Waals surface area contributed by atoms with Gasteiger partial charge in [0.05, 0.1) is 9.35 Å². The molecule has 5 heteroatoms. The summed E-state index contributed by atoms with van der Waals surface area (Å²) in [5.41, 5.74) is 0.810. The van der Waals surface area contributed by atoms with E-state index < -0.39 is 0 Å². The molecule has 2 rings (SSSR count). The van der Waals surface area contributed by atoms with Gasteiger partial charge in [0.15, 0.2) is 0 Å². The fraction of sp³-hybridized carbons (Fsp3) is 0.308. The first-order valence-electron chi connectivity index (χ1n) is 5.65. The van der Waals surface area contributed by atoms with Crippen LogP contribution in [0.5, 0.6) is 0 Å². The molecule has 0 aliphatic carbocycles. The monoisotopic (exact) mass is 343 g/mol. The first-order chi connectivity index (χ1) is 8.56. The van der Waals surface area contributed by atoms with E-state index in [1.807, 2.05) is 26.0 Å². The highest BCUT2D eigenvalue weighted by molar-refractivity contribution is 9.11. The van der Waals surface area contributed by atoms with Crippen LogP contribution >= 0.6 is 38.6 Å². The predicted octanol–water partition coefficient (Wildman–Crippen LogP) is 4.16. The van der Waals surface area contributed by atoms with E-state index in [-0.39, 0.29) is 5.91 Å². The molecule has 0 aliphatic heterocycles. The van der Waals surface area contributed by atoms with Crippen LogP contribution in [0.15, 0.2) is 22.0 Å². The Labute approximate surface area is 123 Å². The Bertz CT molecular complexity index is 559. The smallest absolute Gasteiger partial charge is 0.252 e. The van der Waals surface area contributed by atoms with E-state index in [0.29, 0.717) is 6.54 Å². The van der Waals surface area contributed by atoms with Crippen LogP contribution in [0.2, 0.25) is 0 Å². The lowest BCUT2D eigenvalue weighted by molar-refractivity contribution is 0.0954. The second kappa shape index (κ2) is 5.99. The zero-order valence-corrected chi connectivity index (χ0v) is 13.5. The molecule has 0 bridgehead atoms. The summed E-state index contributed by atoms with van der Waals surface area (Å²) in [6.07, 6.45) is 0.879. The molecule has 2 heterocycles. The number of nitrogens with one attached hydrogen (secondary N) is 1. The Morgan fingerprint density at radius 1 is 1.33 bits per heavy atom. The van der Waals surface area contributed by atoms with Gasteiger partial charge in [-0.25, -0.2) is 0 Å². The van der Waals surface area contributed by atoms with Gasteiger partial charge < -0.3 is 5.32 Å². The van der Waals surface area contributed by atoms with Gasteiger partial charge in [0.25, 0.3) is 5.91 Å². The minimum atomic E-state index is 0.0347. The normalized spacial score (nSPS) is 10.6. The van der Waals surface area contributed by atoms with Crippen LogP contribution in [0.3, 0.4) is 0 Å². The number of thiophene rings is 2. The summed E-state index contributed by atoms with van der Waals surface area (Å²) in [5, 5.41) is 2.97. The van der Waals surface area contributed by atoms with E-state index in [9.17, 15) is 4.79 Å². The molecule has 2 aromatic rings. The van der Waals surface area contributed by atoms with Gasteiger partial charge in [-0.2, -0.15) is 0 Å². The van der Waals surface area contributed by atoms with Gasteiger partial charge in [-0.1, -0.05) is 0 Å². The maximum absolute atomic E-state index is 12.0. The van der Waals surface area contributed by atoms with Crippen LogP contribution in [-0.4, -0.2) is 12.5 Å². The van der Waals surface area contributed by atoms with Crippen molar-refractivity contribution < 1.29 is 4.79 Å². The lowest BCUT2D eigenvalue weighted by Gasteiger charge is -2.03. The molecule has 0 aromatic carbocycles. The van der Waals surface area contributed by atoms with Gasteiger partial charge in [0, 0.05) is 21.2 Å². The Balaban J connectivity index is 1.87. The van der Waals surface area contributed by atoms with Crippen molar-refractivity contribution in [1.82, 2.24) is 5.32 Å². The van der Waals surface area contributed by atoms with Gasteiger partial charge in [-0.15, -0.1) is 22.7 Å². The van der Waals surface area contributed by atoms with Gasteiger partial charge in [0.1, 0.15) is 0 Å². The first kappa shape index (κ1) is 13.8. The van der Waals surface area contributed by atoms with E-state index in [2.05, 4.69) is 27.3 Å². The zero-order valence-electron chi connectivity index (χ0n) is 10.2. The third-order valence-corrected chi connectivity index (χ3v) is 5.22. The Kier molecular flexibility index (Phi) is 4.59. The third-order valence-electron chi connectivity index (χ3n) is 2.57. The summed E-state index contributed by atoms with van der Waals surface area (Å²) >= 11 is 6.81. The number of rotatable bonds is 4. The van der Waals surface area contributed by atoms with Crippen LogP contribution in [-0.2, 0) is 6.42 Å². The fourth-order valence-electron chi connectivity index (χ4n) is 1.74. The molecule has 0 atom stereocenters. The molecular formula is C13H14BrNOS2. The quantitative estimate of drug-likeness (QED) is 0.887. The summed E-state index contributed by atoms with van der Waals surface area (Å²) in [5.74, 6) is 0.0347. The number of hydrogen-bond acceptors (Lipinski definition) is 3. The average molecular weight is 344 g/mol. The van der Waals surface area contributed by atoms with Gasteiger partial charge >= 0.3 is 0 Å². The summed E-state index contributed by atoms with van der Waals surface area (Å²) in [6, 6.07) is 6.08. The molecule has 1 N–H and O–H groups in total. The molecule has 2 nitrogen and oxygen atoms in total. The van der Waals surface area contributed by atoms with Crippen molar-refractivity contribution in [2.24, 2.45) is 0 Å². The highest BCUT2D eigenvalue weighted by Crippen LogP contribution is 2.22. The Morgan fingerprint density at radius 2 is 2.11 bits per heavy atom. The molecule has 0 saturated carbocycles. The van der Waals surface area contributed by atoms with E-state index in [1.165, 1.54) is 9.75 Å². The van der Waals surface area contributed by atoms with Crippen LogP contribution in [0.25, 0.3) is 0 Å². The Hall–Kier alpha value is -0.650. The highest BCUT2D eigenvalue weighted by Gasteiger charge is 2.11. The predicted molar refractivity (Wildman–Crippen MR) is 81.8 cm³/mol. The van der Waals surface area contributed by atoms with Crippen molar-refractivity contribution in [2.45, 2.75) is 20.3 Å². The lowest BCUT2D eigenvalue weighted by Crippen LogP contribution is -2.25. The molecule has 1 amide bonds. The largest absolute Gasteiger partial charge is 0.352 e. The number of aryl methyl sites for hydroxylation is 2. The first-order valence-corrected chi connectivity index (χ1v) is 8.08. The van der Waals surface area contributed by atoms with Crippen molar-refractivity contribution >= 4 is 44.5 Å². The van der Waals surface area contributed by atoms with Crippen molar-refractivity contribution in [2.75, 3.05) is 6.54 Å². The van der Waals surface area contributed by atoms with Crippen molar-refractivity contribution in [3.63, 3.8) is 0 Å². The molecule has 18 heavy (non-hydrogen) atoms. The highest BCUT2D eigenvalue weighted by atomic mass is 79.9. The van der Waals surface area contributed by atoms with E-state index in [1.54, 1.807) is 22.7 Å². The van der Waals surface area contributed by atoms with Gasteiger partial charge in [0.2, 0.25) is 0 Å². The second-order valence-electron chi connectivity index (χ2n) is 4.04. The lowest BCUT2D eigenvalue weighted by atomic mass is 10.2. The average Bonchev–Trinajstić information content (AvgIpc) is 2.85. The van der Waals surface area contributed by atoms with Crippen LogP contribution < -0.4 is 5.32 Å². The third kappa shape index (κ3) is 3.43. The molecule has 0 saturated heterocycles. The minimum absolute atomic E-state index is 0.0347. The minimum Gasteiger partial charge on any atom is -0.352 e. The molecule has 0 aliphatic rings. The fourth-order valence-corrected chi connectivity index (χ4v) is 4.14. The Morgan fingerprint density at radius 3 is 2.67 bits per heavy atom. The molecular weight excluding hydrogens is 330 g/mol. The maximum atomic E-state index is 12.0. The SMILES string of the molecule is Cc1cc(C(=O)NCCc2ccc(Br)s2)c(C)s1. The van der Waals surface area contributed by atoms with Crippen LogP contribution in [0.4, 0.5) is 0 Å². The summed E-state index contributed by atoms with van der Waals surface area (Å²) in [7, 11) is 0. The van der Waals surface area contributed by atoms with Crippen molar-refractivity contribution in [3.8, 4) is 0 Å². The van der Waals surface area contributed by atoms with E-state index in [0.717, 1.165) is 20.6 Å². The molecule has 0 unspecified atom stereocenters. The van der Waals surface area contributed by atoms with Crippen molar-refractivity contribution in [3.05, 3.63) is 42.2 Å². The topological polar surface area (TPSA) is 29.1 Å². The van der Waals surface area contributed by atoms with Gasteiger partial charge in [-0.05, 0) is 54.4 Å². The summed E-state index contributed by atoms with van der Waals surface area (Å²) in [4.78, 5) is 15.5. The zero-order chi connectivity index (χ0) is 13.1. The summed E-state index contributed by atoms with van der Waals surface area (Å²) < 4.78 is 1.13.